The Labute approximate surface area is 67.6 Å². The predicted octanol–water partition coefficient (Wildman–Crippen LogP) is 0.767. The molecule has 1 aliphatic heterocycles. The van der Waals surface area contributed by atoms with Gasteiger partial charge in [0, 0.05) is 25.2 Å². The van der Waals surface area contributed by atoms with Gasteiger partial charge in [-0.3, -0.25) is 9.29 Å². The normalized spacial score (nSPS) is 33.0. The highest BCUT2D eigenvalue weighted by molar-refractivity contribution is 4.86. The van der Waals surface area contributed by atoms with E-state index in [1.165, 1.54) is 0 Å². The van der Waals surface area contributed by atoms with Crippen molar-refractivity contribution in [2.45, 2.75) is 31.8 Å². The Hall–Kier alpha value is -0.150. The van der Waals surface area contributed by atoms with Crippen molar-refractivity contribution in [3.8, 4) is 0 Å². The van der Waals surface area contributed by atoms with Gasteiger partial charge in [0.05, 0.1) is 6.67 Å². The lowest BCUT2D eigenvalue weighted by Gasteiger charge is -2.21. The molecule has 0 aliphatic carbocycles. The summed E-state index contributed by atoms with van der Waals surface area (Å²) in [5.41, 5.74) is 5.80. The third-order valence-corrected chi connectivity index (χ3v) is 2.52. The molecule has 0 amide bonds. The van der Waals surface area contributed by atoms with Gasteiger partial charge in [0.1, 0.15) is 0 Å². The van der Waals surface area contributed by atoms with E-state index in [2.05, 4.69) is 11.8 Å². The SMILES string of the molecule is CC1C(N)CCN1CCCF. The van der Waals surface area contributed by atoms with Gasteiger partial charge in [-0.15, -0.1) is 0 Å². The first-order chi connectivity index (χ1) is 5.25. The van der Waals surface area contributed by atoms with Crippen molar-refractivity contribution in [1.29, 1.82) is 0 Å². The number of hydrogen-bond donors (Lipinski definition) is 1. The first-order valence-corrected chi connectivity index (χ1v) is 4.31. The lowest BCUT2D eigenvalue weighted by Crippen LogP contribution is -2.37. The molecule has 66 valence electrons. The summed E-state index contributed by atoms with van der Waals surface area (Å²) in [7, 11) is 0. The Morgan fingerprint density at radius 1 is 1.64 bits per heavy atom. The monoisotopic (exact) mass is 160 g/mol. The molecule has 0 radical (unpaired) electrons. The fraction of sp³-hybridized carbons (Fsp3) is 1.00. The molecule has 0 aromatic carbocycles. The van der Waals surface area contributed by atoms with E-state index in [1.54, 1.807) is 0 Å². The summed E-state index contributed by atoms with van der Waals surface area (Å²) in [5, 5.41) is 0. The Morgan fingerprint density at radius 2 is 2.36 bits per heavy atom. The first-order valence-electron chi connectivity index (χ1n) is 4.31. The number of hydrogen-bond acceptors (Lipinski definition) is 2. The number of nitrogens with zero attached hydrogens (tertiary/aromatic N) is 1. The minimum atomic E-state index is -0.210. The standard InChI is InChI=1S/C8H17FN2/c1-7-8(10)3-6-11(7)5-2-4-9/h7-8H,2-6,10H2,1H3. The minimum Gasteiger partial charge on any atom is -0.326 e. The molecule has 2 atom stereocenters. The van der Waals surface area contributed by atoms with Crippen molar-refractivity contribution in [1.82, 2.24) is 4.90 Å². The number of likely N-dealkylation sites (tertiary alicyclic amines) is 1. The maximum absolute atomic E-state index is 11.8. The molecule has 2 unspecified atom stereocenters. The number of halogens is 1. The van der Waals surface area contributed by atoms with Gasteiger partial charge in [0.2, 0.25) is 0 Å². The fourth-order valence-electron chi connectivity index (χ4n) is 1.61. The molecule has 1 saturated heterocycles. The fourth-order valence-corrected chi connectivity index (χ4v) is 1.61. The average molecular weight is 160 g/mol. The molecule has 1 aliphatic rings. The van der Waals surface area contributed by atoms with E-state index in [4.69, 9.17) is 5.73 Å². The summed E-state index contributed by atoms with van der Waals surface area (Å²) >= 11 is 0. The van der Waals surface area contributed by atoms with Crippen molar-refractivity contribution >= 4 is 0 Å². The summed E-state index contributed by atoms with van der Waals surface area (Å²) in [6.45, 7) is 3.82. The van der Waals surface area contributed by atoms with Crippen LogP contribution in [-0.4, -0.2) is 36.7 Å². The van der Waals surface area contributed by atoms with Gasteiger partial charge in [0.25, 0.3) is 0 Å². The van der Waals surface area contributed by atoms with Gasteiger partial charge in [-0.25, -0.2) is 0 Å². The second-order valence-electron chi connectivity index (χ2n) is 3.27. The average Bonchev–Trinajstić information content (AvgIpc) is 2.31. The smallest absolute Gasteiger partial charge is 0.0906 e. The third-order valence-electron chi connectivity index (χ3n) is 2.52. The van der Waals surface area contributed by atoms with Crippen LogP contribution in [0.2, 0.25) is 0 Å². The summed E-state index contributed by atoms with van der Waals surface area (Å²) < 4.78 is 11.8. The van der Waals surface area contributed by atoms with E-state index in [-0.39, 0.29) is 6.67 Å². The van der Waals surface area contributed by atoms with E-state index < -0.39 is 0 Å². The Balaban J connectivity index is 2.24. The molecular formula is C8H17FN2. The summed E-state index contributed by atoms with van der Waals surface area (Å²) in [5.74, 6) is 0. The lowest BCUT2D eigenvalue weighted by atomic mass is 10.2. The molecular weight excluding hydrogens is 143 g/mol. The Bertz CT molecular complexity index is 119. The zero-order valence-corrected chi connectivity index (χ0v) is 7.09. The van der Waals surface area contributed by atoms with Crippen LogP contribution in [0.25, 0.3) is 0 Å². The van der Waals surface area contributed by atoms with Crippen LogP contribution >= 0.6 is 0 Å². The molecule has 1 fully saturated rings. The van der Waals surface area contributed by atoms with Crippen molar-refractivity contribution < 1.29 is 4.39 Å². The van der Waals surface area contributed by atoms with Gasteiger partial charge >= 0.3 is 0 Å². The van der Waals surface area contributed by atoms with Crippen LogP contribution in [0.4, 0.5) is 4.39 Å². The van der Waals surface area contributed by atoms with E-state index in [9.17, 15) is 4.39 Å². The molecule has 11 heavy (non-hydrogen) atoms. The molecule has 3 heteroatoms. The van der Waals surface area contributed by atoms with E-state index in [1.807, 2.05) is 0 Å². The molecule has 0 aromatic heterocycles. The molecule has 1 heterocycles. The van der Waals surface area contributed by atoms with Gasteiger partial charge < -0.3 is 5.73 Å². The minimum absolute atomic E-state index is 0.210. The first kappa shape index (κ1) is 8.94. The van der Waals surface area contributed by atoms with E-state index in [0.29, 0.717) is 18.5 Å². The molecule has 0 aromatic rings. The zero-order chi connectivity index (χ0) is 8.27. The highest BCUT2D eigenvalue weighted by atomic mass is 19.1. The predicted molar refractivity (Wildman–Crippen MR) is 44.2 cm³/mol. The van der Waals surface area contributed by atoms with Crippen LogP contribution in [0.5, 0.6) is 0 Å². The van der Waals surface area contributed by atoms with Crippen LogP contribution in [0.15, 0.2) is 0 Å². The van der Waals surface area contributed by atoms with Gasteiger partial charge in [-0.2, -0.15) is 0 Å². The number of nitrogens with two attached hydrogens (primary N) is 1. The largest absolute Gasteiger partial charge is 0.326 e. The molecule has 1 rings (SSSR count). The van der Waals surface area contributed by atoms with Crippen molar-refractivity contribution in [2.75, 3.05) is 19.8 Å². The van der Waals surface area contributed by atoms with Gasteiger partial charge in [-0.1, -0.05) is 0 Å². The van der Waals surface area contributed by atoms with Crippen LogP contribution in [0.3, 0.4) is 0 Å². The highest BCUT2D eigenvalue weighted by Crippen LogP contribution is 2.15. The molecule has 2 nitrogen and oxygen atoms in total. The topological polar surface area (TPSA) is 29.3 Å². The summed E-state index contributed by atoms with van der Waals surface area (Å²) in [6, 6.07) is 0.746. The number of rotatable bonds is 3. The molecule has 0 saturated carbocycles. The van der Waals surface area contributed by atoms with Crippen molar-refractivity contribution in [2.24, 2.45) is 5.73 Å². The second-order valence-corrected chi connectivity index (χ2v) is 3.27. The van der Waals surface area contributed by atoms with Crippen LogP contribution in [0, 0.1) is 0 Å². The summed E-state index contributed by atoms with van der Waals surface area (Å²) in [4.78, 5) is 2.27. The maximum atomic E-state index is 11.8. The molecule has 0 bridgehead atoms. The number of alkyl halides is 1. The van der Waals surface area contributed by atoms with Crippen LogP contribution in [-0.2, 0) is 0 Å². The maximum Gasteiger partial charge on any atom is 0.0906 e. The highest BCUT2D eigenvalue weighted by Gasteiger charge is 2.26. The Kier molecular flexibility index (Phi) is 3.27. The van der Waals surface area contributed by atoms with Crippen LogP contribution < -0.4 is 5.73 Å². The Morgan fingerprint density at radius 3 is 2.82 bits per heavy atom. The lowest BCUT2D eigenvalue weighted by molar-refractivity contribution is 0.246. The third kappa shape index (κ3) is 2.14. The van der Waals surface area contributed by atoms with Crippen LogP contribution in [0.1, 0.15) is 19.8 Å². The van der Waals surface area contributed by atoms with Crippen molar-refractivity contribution in [3.63, 3.8) is 0 Å². The van der Waals surface area contributed by atoms with Gasteiger partial charge in [-0.05, 0) is 19.8 Å². The molecule has 0 spiro atoms. The zero-order valence-electron chi connectivity index (χ0n) is 7.09. The molecule has 2 N–H and O–H groups in total. The van der Waals surface area contributed by atoms with Gasteiger partial charge in [0.15, 0.2) is 0 Å². The van der Waals surface area contributed by atoms with E-state index >= 15 is 0 Å². The quantitative estimate of drug-likeness (QED) is 0.660. The summed E-state index contributed by atoms with van der Waals surface area (Å²) in [6.07, 6.45) is 1.71. The van der Waals surface area contributed by atoms with E-state index in [0.717, 1.165) is 19.5 Å². The second kappa shape index (κ2) is 4.02. The van der Waals surface area contributed by atoms with Crippen molar-refractivity contribution in [3.05, 3.63) is 0 Å².